The van der Waals surface area contributed by atoms with E-state index in [1.54, 1.807) is 0 Å². The number of aliphatic hydroxyl groups excluding tert-OH is 2. The summed E-state index contributed by atoms with van der Waals surface area (Å²) in [5.74, 6) is 0.0678. The van der Waals surface area contributed by atoms with E-state index in [-0.39, 0.29) is 19.0 Å². The van der Waals surface area contributed by atoms with Crippen LogP contribution in [-0.2, 0) is 13.2 Å². The number of rotatable bonds is 6. The summed E-state index contributed by atoms with van der Waals surface area (Å²) in [6, 6.07) is 0. The Morgan fingerprint density at radius 2 is 1.88 bits per heavy atom. The first-order valence-corrected chi connectivity index (χ1v) is 9.01. The molecule has 0 saturated carbocycles. The number of aromatic hydroxyl groups is 1. The van der Waals surface area contributed by atoms with Gasteiger partial charge in [0.15, 0.2) is 0 Å². The Bertz CT molecular complexity index is 387. The second-order valence-electron chi connectivity index (χ2n) is 3.53. The van der Waals surface area contributed by atoms with E-state index in [1.165, 1.54) is 0 Å². The number of aliphatic hydroxyl groups is 2. The van der Waals surface area contributed by atoms with Crippen LogP contribution in [0.15, 0.2) is 4.60 Å². The van der Waals surface area contributed by atoms with Crippen molar-refractivity contribution in [2.75, 3.05) is 0 Å². The Labute approximate surface area is 119 Å². The molecule has 1 aromatic heterocycles. The van der Waals surface area contributed by atoms with Crippen LogP contribution in [0.3, 0.4) is 0 Å². The van der Waals surface area contributed by atoms with Crippen molar-refractivity contribution >= 4 is 40.6 Å². The summed E-state index contributed by atoms with van der Waals surface area (Å²) in [4.78, 5) is 4.28. The summed E-state index contributed by atoms with van der Waals surface area (Å²) in [5, 5.41) is 28.4. The fraction of sp³-hybridized carbons (Fsp3) is 0.545. The zero-order chi connectivity index (χ0) is 12.8. The summed E-state index contributed by atoms with van der Waals surface area (Å²) in [6.45, 7) is 1.60. The van der Waals surface area contributed by atoms with Gasteiger partial charge in [0.2, 0.25) is 0 Å². The van der Waals surface area contributed by atoms with Gasteiger partial charge in [-0.1, -0.05) is 0 Å². The molecular weight excluding hydrogens is 402 g/mol. The fourth-order valence-electron chi connectivity index (χ4n) is 1.35. The van der Waals surface area contributed by atoms with E-state index < -0.39 is 20.9 Å². The second kappa shape index (κ2) is 7.55. The Kier molecular flexibility index (Phi) is 6.75. The van der Waals surface area contributed by atoms with Gasteiger partial charge in [-0.05, 0) is 0 Å². The first kappa shape index (κ1) is 15.2. The SMILES string of the molecule is CCCC[Te]c1nc(Br)c(CO)c(CO)c1O. The zero-order valence-corrected chi connectivity index (χ0v) is 13.5. The molecule has 17 heavy (non-hydrogen) atoms. The molecule has 0 radical (unpaired) electrons. The zero-order valence-electron chi connectivity index (χ0n) is 9.61. The van der Waals surface area contributed by atoms with Gasteiger partial charge >= 0.3 is 120 Å². The van der Waals surface area contributed by atoms with Crippen LogP contribution >= 0.6 is 15.9 Å². The number of aromatic nitrogens is 1. The maximum atomic E-state index is 10.0. The minimum absolute atomic E-state index is 0.0678. The summed E-state index contributed by atoms with van der Waals surface area (Å²) < 4.78 is 2.31. The van der Waals surface area contributed by atoms with Gasteiger partial charge < -0.3 is 0 Å². The second-order valence-corrected chi connectivity index (χ2v) is 7.38. The van der Waals surface area contributed by atoms with Crippen LogP contribution in [-0.4, -0.2) is 41.2 Å². The number of hydrogen-bond donors (Lipinski definition) is 3. The van der Waals surface area contributed by atoms with E-state index in [0.29, 0.717) is 19.5 Å². The molecule has 96 valence electrons. The van der Waals surface area contributed by atoms with Crippen LogP contribution in [0.1, 0.15) is 30.9 Å². The summed E-state index contributed by atoms with van der Waals surface area (Å²) in [5.41, 5.74) is 0.864. The van der Waals surface area contributed by atoms with Gasteiger partial charge in [-0.25, -0.2) is 0 Å². The molecule has 0 aromatic carbocycles. The van der Waals surface area contributed by atoms with Crippen LogP contribution in [0.25, 0.3) is 0 Å². The van der Waals surface area contributed by atoms with Gasteiger partial charge in [0.25, 0.3) is 0 Å². The van der Waals surface area contributed by atoms with Crippen molar-refractivity contribution in [1.82, 2.24) is 4.98 Å². The van der Waals surface area contributed by atoms with Crippen molar-refractivity contribution in [1.29, 1.82) is 0 Å². The van der Waals surface area contributed by atoms with Crippen molar-refractivity contribution in [2.45, 2.75) is 37.4 Å². The summed E-state index contributed by atoms with van der Waals surface area (Å²) >= 11 is 2.74. The van der Waals surface area contributed by atoms with Crippen LogP contribution in [0, 0.1) is 0 Å². The average Bonchev–Trinajstić information content (AvgIpc) is 2.32. The van der Waals surface area contributed by atoms with Crippen molar-refractivity contribution in [3.63, 3.8) is 0 Å². The summed E-state index contributed by atoms with van der Waals surface area (Å²) in [7, 11) is 0. The number of hydrogen-bond acceptors (Lipinski definition) is 4. The normalized spacial score (nSPS) is 10.8. The van der Waals surface area contributed by atoms with Crippen molar-refractivity contribution in [2.24, 2.45) is 0 Å². The van der Waals surface area contributed by atoms with Crippen LogP contribution in [0.4, 0.5) is 0 Å². The Morgan fingerprint density at radius 3 is 2.41 bits per heavy atom. The molecule has 0 bridgehead atoms. The molecule has 0 aliphatic carbocycles. The van der Waals surface area contributed by atoms with Gasteiger partial charge in [-0.2, -0.15) is 0 Å². The van der Waals surface area contributed by atoms with Gasteiger partial charge in [-0.15, -0.1) is 0 Å². The monoisotopic (exact) mass is 419 g/mol. The third-order valence-electron chi connectivity index (χ3n) is 2.35. The van der Waals surface area contributed by atoms with E-state index in [4.69, 9.17) is 0 Å². The molecule has 0 fully saturated rings. The summed E-state index contributed by atoms with van der Waals surface area (Å²) in [6.07, 6.45) is 2.27. The molecular formula is C11H16BrNO3Te. The van der Waals surface area contributed by atoms with Crippen LogP contribution in [0.5, 0.6) is 5.75 Å². The standard InChI is InChI=1S/C11H16BrNO3Te/c1-2-3-4-17-11-9(16)7(5-14)8(6-15)10(12)13-11/h14-16H,2-6H2,1H3. The molecule has 3 N–H and O–H groups in total. The first-order valence-electron chi connectivity index (χ1n) is 5.40. The number of halogens is 1. The predicted molar refractivity (Wildman–Crippen MR) is 70.6 cm³/mol. The third kappa shape index (κ3) is 3.80. The maximum absolute atomic E-state index is 10.0. The van der Waals surface area contributed by atoms with Crippen molar-refractivity contribution < 1.29 is 15.3 Å². The molecule has 0 aliphatic heterocycles. The molecule has 1 rings (SSSR count). The molecule has 1 heterocycles. The minimum atomic E-state index is -0.528. The van der Waals surface area contributed by atoms with Crippen molar-refractivity contribution in [3.05, 3.63) is 15.7 Å². The number of nitrogens with zero attached hydrogens (tertiary/aromatic N) is 1. The molecule has 0 aliphatic rings. The van der Waals surface area contributed by atoms with Gasteiger partial charge in [0.05, 0.1) is 0 Å². The molecule has 0 amide bonds. The van der Waals surface area contributed by atoms with Crippen LogP contribution < -0.4 is 3.74 Å². The number of pyridine rings is 1. The van der Waals surface area contributed by atoms with Gasteiger partial charge in [0.1, 0.15) is 0 Å². The molecule has 0 spiro atoms. The predicted octanol–water partition coefficient (Wildman–Crippen LogP) is 1.08. The Balaban J connectivity index is 3.03. The number of unbranched alkanes of at least 4 members (excludes halogenated alkanes) is 1. The van der Waals surface area contributed by atoms with E-state index in [0.717, 1.165) is 17.3 Å². The average molecular weight is 418 g/mol. The van der Waals surface area contributed by atoms with E-state index in [9.17, 15) is 15.3 Å². The molecule has 6 heteroatoms. The fourth-order valence-corrected chi connectivity index (χ4v) is 5.23. The van der Waals surface area contributed by atoms with E-state index >= 15 is 0 Å². The quantitative estimate of drug-likeness (QED) is 0.368. The molecule has 1 aromatic rings. The first-order chi connectivity index (χ1) is 8.15. The van der Waals surface area contributed by atoms with Gasteiger partial charge in [-0.3, -0.25) is 0 Å². The Morgan fingerprint density at radius 1 is 1.24 bits per heavy atom. The Hall–Kier alpha value is 0.140. The molecule has 4 nitrogen and oxygen atoms in total. The van der Waals surface area contributed by atoms with Crippen molar-refractivity contribution in [3.8, 4) is 5.75 Å². The van der Waals surface area contributed by atoms with Gasteiger partial charge in [0, 0.05) is 0 Å². The van der Waals surface area contributed by atoms with E-state index in [2.05, 4.69) is 27.8 Å². The molecule has 0 atom stereocenters. The van der Waals surface area contributed by atoms with E-state index in [1.807, 2.05) is 0 Å². The van der Waals surface area contributed by atoms with Crippen LogP contribution in [0.2, 0.25) is 4.47 Å². The third-order valence-corrected chi connectivity index (χ3v) is 6.01. The topological polar surface area (TPSA) is 73.6 Å². The molecule has 0 saturated heterocycles. The molecule has 0 unspecified atom stereocenters.